The van der Waals surface area contributed by atoms with Crippen molar-refractivity contribution >= 4 is 16.8 Å². The van der Waals surface area contributed by atoms with Crippen LogP contribution in [0.25, 0.3) is 16.6 Å². The average Bonchev–Trinajstić information content (AvgIpc) is 3.32. The largest absolute Gasteiger partial charge is 0.348 e. The zero-order valence-corrected chi connectivity index (χ0v) is 14.4. The zero-order valence-electron chi connectivity index (χ0n) is 14.4. The van der Waals surface area contributed by atoms with Crippen LogP contribution in [-0.2, 0) is 11.3 Å². The van der Waals surface area contributed by atoms with Crippen molar-refractivity contribution < 1.29 is 4.79 Å². The second-order valence-electron chi connectivity index (χ2n) is 6.22. The Bertz CT molecular complexity index is 1040. The summed E-state index contributed by atoms with van der Waals surface area (Å²) >= 11 is 0. The maximum absolute atomic E-state index is 12.5. The van der Waals surface area contributed by atoms with Crippen molar-refractivity contribution in [3.8, 4) is 5.69 Å². The third-order valence-corrected chi connectivity index (χ3v) is 4.39. The molecule has 0 spiro atoms. The van der Waals surface area contributed by atoms with Gasteiger partial charge in [0, 0.05) is 23.5 Å². The highest BCUT2D eigenvalue weighted by molar-refractivity contribution is 5.82. The molecule has 0 fully saturated rings. The SMILES string of the molecule is CC(NC(=O)Cn1ncc2ccccc21)c1cccc(-n2ccnc2)c1. The van der Waals surface area contributed by atoms with E-state index >= 15 is 0 Å². The molecule has 130 valence electrons. The lowest BCUT2D eigenvalue weighted by Gasteiger charge is -2.16. The summed E-state index contributed by atoms with van der Waals surface area (Å²) in [5, 5.41) is 8.38. The minimum atomic E-state index is -0.104. The summed E-state index contributed by atoms with van der Waals surface area (Å²) < 4.78 is 3.66. The van der Waals surface area contributed by atoms with Gasteiger partial charge in [-0.1, -0.05) is 30.3 Å². The minimum absolute atomic E-state index is 0.0700. The summed E-state index contributed by atoms with van der Waals surface area (Å²) in [4.78, 5) is 16.5. The van der Waals surface area contributed by atoms with E-state index in [0.29, 0.717) is 0 Å². The molecule has 6 nitrogen and oxygen atoms in total. The molecule has 6 heteroatoms. The Morgan fingerprint density at radius 2 is 2.08 bits per heavy atom. The summed E-state index contributed by atoms with van der Waals surface area (Å²) in [7, 11) is 0. The van der Waals surface area contributed by atoms with Crippen molar-refractivity contribution in [3.05, 3.63) is 79.0 Å². The van der Waals surface area contributed by atoms with Crippen LogP contribution in [0, 0.1) is 0 Å². The molecule has 1 N–H and O–H groups in total. The molecule has 0 saturated heterocycles. The van der Waals surface area contributed by atoms with E-state index in [2.05, 4.69) is 21.5 Å². The van der Waals surface area contributed by atoms with E-state index < -0.39 is 0 Å². The van der Waals surface area contributed by atoms with Gasteiger partial charge < -0.3 is 9.88 Å². The number of aromatic nitrogens is 4. The molecule has 0 aliphatic carbocycles. The van der Waals surface area contributed by atoms with Crippen molar-refractivity contribution in [2.45, 2.75) is 19.5 Å². The standard InChI is InChI=1S/C20H19N5O/c1-15(16-6-4-7-18(11-16)24-10-9-21-14-24)23-20(26)13-25-19-8-3-2-5-17(19)12-22-25/h2-12,14-15H,13H2,1H3,(H,23,26). The monoisotopic (exact) mass is 345 g/mol. The molecule has 4 rings (SSSR count). The van der Waals surface area contributed by atoms with E-state index in [0.717, 1.165) is 22.2 Å². The van der Waals surface area contributed by atoms with Crippen LogP contribution >= 0.6 is 0 Å². The number of carbonyl (C=O) groups excluding carboxylic acids is 1. The maximum atomic E-state index is 12.5. The molecule has 2 heterocycles. The molecule has 1 amide bonds. The van der Waals surface area contributed by atoms with Gasteiger partial charge in [-0.15, -0.1) is 0 Å². The first-order valence-electron chi connectivity index (χ1n) is 8.49. The van der Waals surface area contributed by atoms with Gasteiger partial charge >= 0.3 is 0 Å². The molecule has 2 aromatic carbocycles. The number of rotatable bonds is 5. The van der Waals surface area contributed by atoms with Crippen molar-refractivity contribution in [1.29, 1.82) is 0 Å². The Labute approximate surface area is 151 Å². The lowest BCUT2D eigenvalue weighted by molar-refractivity contribution is -0.122. The van der Waals surface area contributed by atoms with E-state index in [1.807, 2.05) is 60.2 Å². The van der Waals surface area contributed by atoms with Crippen LogP contribution in [-0.4, -0.2) is 25.2 Å². The number of para-hydroxylation sites is 1. The Hall–Kier alpha value is -3.41. The van der Waals surface area contributed by atoms with E-state index in [1.165, 1.54) is 0 Å². The van der Waals surface area contributed by atoms with Crippen LogP contribution in [0.1, 0.15) is 18.5 Å². The Morgan fingerprint density at radius 1 is 1.19 bits per heavy atom. The van der Waals surface area contributed by atoms with Gasteiger partial charge in [-0.2, -0.15) is 5.10 Å². The highest BCUT2D eigenvalue weighted by Crippen LogP contribution is 2.17. The number of nitrogens with zero attached hydrogens (tertiary/aromatic N) is 4. The average molecular weight is 345 g/mol. The van der Waals surface area contributed by atoms with Crippen molar-refractivity contribution in [2.24, 2.45) is 0 Å². The number of hydrogen-bond donors (Lipinski definition) is 1. The molecule has 0 saturated carbocycles. The van der Waals surface area contributed by atoms with Crippen LogP contribution in [0.5, 0.6) is 0 Å². The first kappa shape index (κ1) is 16.1. The summed E-state index contributed by atoms with van der Waals surface area (Å²) in [6.07, 6.45) is 7.17. The minimum Gasteiger partial charge on any atom is -0.348 e. The number of fused-ring (bicyclic) bond motifs is 1. The molecular weight excluding hydrogens is 326 g/mol. The molecule has 4 aromatic rings. The molecule has 1 atom stereocenters. The number of imidazole rings is 1. The van der Waals surface area contributed by atoms with Crippen LogP contribution in [0.15, 0.2) is 73.4 Å². The van der Waals surface area contributed by atoms with Crippen LogP contribution in [0.4, 0.5) is 0 Å². The van der Waals surface area contributed by atoms with Crippen molar-refractivity contribution in [2.75, 3.05) is 0 Å². The van der Waals surface area contributed by atoms with Gasteiger partial charge in [0.25, 0.3) is 0 Å². The second-order valence-corrected chi connectivity index (χ2v) is 6.22. The van der Waals surface area contributed by atoms with Crippen LogP contribution in [0.2, 0.25) is 0 Å². The molecule has 1 unspecified atom stereocenters. The molecule has 0 radical (unpaired) electrons. The fourth-order valence-corrected chi connectivity index (χ4v) is 3.02. The first-order chi connectivity index (χ1) is 12.7. The van der Waals surface area contributed by atoms with Gasteiger partial charge in [-0.05, 0) is 30.7 Å². The second kappa shape index (κ2) is 6.84. The lowest BCUT2D eigenvalue weighted by atomic mass is 10.1. The van der Waals surface area contributed by atoms with Crippen molar-refractivity contribution in [1.82, 2.24) is 24.6 Å². The lowest BCUT2D eigenvalue weighted by Crippen LogP contribution is -2.30. The van der Waals surface area contributed by atoms with Gasteiger partial charge in [0.2, 0.25) is 5.91 Å². The van der Waals surface area contributed by atoms with Gasteiger partial charge in [0.05, 0.1) is 24.1 Å². The number of nitrogens with one attached hydrogen (secondary N) is 1. The number of benzene rings is 2. The normalized spacial score (nSPS) is 12.2. The molecular formula is C20H19N5O. The maximum Gasteiger partial charge on any atom is 0.242 e. The van der Waals surface area contributed by atoms with E-state index in [4.69, 9.17) is 0 Å². The molecule has 0 aliphatic heterocycles. The Morgan fingerprint density at radius 3 is 2.92 bits per heavy atom. The molecule has 26 heavy (non-hydrogen) atoms. The quantitative estimate of drug-likeness (QED) is 0.604. The van der Waals surface area contributed by atoms with Crippen molar-refractivity contribution in [3.63, 3.8) is 0 Å². The van der Waals surface area contributed by atoms with Gasteiger partial charge in [0.15, 0.2) is 0 Å². The first-order valence-corrected chi connectivity index (χ1v) is 8.49. The Kier molecular flexibility index (Phi) is 4.23. The fraction of sp³-hybridized carbons (Fsp3) is 0.150. The Balaban J connectivity index is 1.47. The number of hydrogen-bond acceptors (Lipinski definition) is 3. The van der Waals surface area contributed by atoms with Crippen LogP contribution in [0.3, 0.4) is 0 Å². The third-order valence-electron chi connectivity index (χ3n) is 4.39. The predicted molar refractivity (Wildman–Crippen MR) is 99.9 cm³/mol. The van der Waals surface area contributed by atoms with Gasteiger partial charge in [0.1, 0.15) is 6.54 Å². The highest BCUT2D eigenvalue weighted by atomic mass is 16.2. The smallest absolute Gasteiger partial charge is 0.242 e. The summed E-state index contributed by atoms with van der Waals surface area (Å²) in [5.41, 5.74) is 3.01. The van der Waals surface area contributed by atoms with Crippen LogP contribution < -0.4 is 5.32 Å². The predicted octanol–water partition coefficient (Wildman–Crippen LogP) is 3.10. The van der Waals surface area contributed by atoms with E-state index in [9.17, 15) is 4.79 Å². The molecule has 0 aliphatic rings. The number of amides is 1. The fourth-order valence-electron chi connectivity index (χ4n) is 3.02. The van der Waals surface area contributed by atoms with Gasteiger partial charge in [-0.3, -0.25) is 9.48 Å². The number of carbonyl (C=O) groups is 1. The summed E-state index contributed by atoms with van der Waals surface area (Å²) in [6, 6.07) is 15.8. The topological polar surface area (TPSA) is 64.7 Å². The highest BCUT2D eigenvalue weighted by Gasteiger charge is 2.12. The van der Waals surface area contributed by atoms with E-state index in [1.54, 1.807) is 23.4 Å². The third kappa shape index (κ3) is 3.21. The van der Waals surface area contributed by atoms with E-state index in [-0.39, 0.29) is 18.5 Å². The summed E-state index contributed by atoms with van der Waals surface area (Å²) in [6.45, 7) is 2.17. The summed E-state index contributed by atoms with van der Waals surface area (Å²) in [5.74, 6) is -0.0700. The molecule has 0 bridgehead atoms. The zero-order chi connectivity index (χ0) is 17.9. The molecule has 2 aromatic heterocycles. The van der Waals surface area contributed by atoms with Gasteiger partial charge in [-0.25, -0.2) is 4.98 Å².